The van der Waals surface area contributed by atoms with Crippen LogP contribution in [0, 0.1) is 5.92 Å². The van der Waals surface area contributed by atoms with E-state index in [0.717, 1.165) is 0 Å². The van der Waals surface area contributed by atoms with Gasteiger partial charge >= 0.3 is 0 Å². The largest absolute Gasteiger partial charge is 0.394 e. The van der Waals surface area contributed by atoms with Gasteiger partial charge in [0.05, 0.1) is 23.3 Å². The molecule has 1 atom stereocenters. The first kappa shape index (κ1) is 21.8. The number of hydrogen-bond acceptors (Lipinski definition) is 5. The van der Waals surface area contributed by atoms with Gasteiger partial charge in [0.2, 0.25) is 0 Å². The molecule has 0 aromatic heterocycles. The molecule has 28 heavy (non-hydrogen) atoms. The molecular formula is C21H25NO5S. The fourth-order valence-electron chi connectivity index (χ4n) is 2.67. The van der Waals surface area contributed by atoms with E-state index in [0.29, 0.717) is 16.7 Å². The van der Waals surface area contributed by atoms with Gasteiger partial charge in [-0.3, -0.25) is 9.59 Å². The molecule has 0 unspecified atom stereocenters. The maximum atomic E-state index is 12.5. The molecule has 0 radical (unpaired) electrons. The van der Waals surface area contributed by atoms with Gasteiger partial charge in [0.1, 0.15) is 0 Å². The summed E-state index contributed by atoms with van der Waals surface area (Å²) in [6, 6.07) is 11.8. The number of ketones is 1. The van der Waals surface area contributed by atoms with Crippen LogP contribution >= 0.6 is 0 Å². The Morgan fingerprint density at radius 3 is 1.96 bits per heavy atom. The van der Waals surface area contributed by atoms with Crippen LogP contribution in [0.15, 0.2) is 53.4 Å². The lowest BCUT2D eigenvalue weighted by Crippen LogP contribution is -2.30. The summed E-state index contributed by atoms with van der Waals surface area (Å²) in [5.74, 6) is -0.518. The molecule has 2 aromatic carbocycles. The zero-order valence-corrected chi connectivity index (χ0v) is 17.0. The number of aliphatic hydroxyl groups is 1. The van der Waals surface area contributed by atoms with Gasteiger partial charge < -0.3 is 10.4 Å². The third-order valence-electron chi connectivity index (χ3n) is 4.47. The highest BCUT2D eigenvalue weighted by Gasteiger charge is 2.18. The van der Waals surface area contributed by atoms with Gasteiger partial charge in [0, 0.05) is 17.0 Å². The van der Waals surface area contributed by atoms with E-state index in [1.165, 1.54) is 12.1 Å². The number of carbonyl (C=O) groups excluding carboxylic acids is 2. The molecule has 2 aromatic rings. The fraction of sp³-hybridized carbons (Fsp3) is 0.333. The third-order valence-corrected chi connectivity index (χ3v) is 6.22. The van der Waals surface area contributed by atoms with E-state index >= 15 is 0 Å². The molecule has 0 bridgehead atoms. The summed E-state index contributed by atoms with van der Waals surface area (Å²) >= 11 is 0. The number of aliphatic hydroxyl groups excluding tert-OH is 1. The number of nitrogens with one attached hydrogen (secondary N) is 1. The average molecular weight is 404 g/mol. The summed E-state index contributed by atoms with van der Waals surface area (Å²) in [6.45, 7) is 4.85. The second kappa shape index (κ2) is 9.12. The minimum absolute atomic E-state index is 0.00180. The molecule has 0 fully saturated rings. The Bertz CT molecular complexity index is 932. The Kier molecular flexibility index (Phi) is 7.10. The lowest BCUT2D eigenvalue weighted by Gasteiger charge is -2.17. The smallest absolute Gasteiger partial charge is 0.251 e. The number of amides is 1. The van der Waals surface area contributed by atoms with Crippen LogP contribution in [0.5, 0.6) is 0 Å². The lowest BCUT2D eigenvalue weighted by molar-refractivity contribution is 0.0912. The van der Waals surface area contributed by atoms with Crippen molar-refractivity contribution in [3.05, 3.63) is 65.2 Å². The van der Waals surface area contributed by atoms with Crippen molar-refractivity contribution < 1.29 is 23.1 Å². The van der Waals surface area contributed by atoms with E-state index in [2.05, 4.69) is 5.32 Å². The highest BCUT2D eigenvalue weighted by molar-refractivity contribution is 7.91. The topological polar surface area (TPSA) is 101 Å². The van der Waals surface area contributed by atoms with Crippen molar-refractivity contribution in [1.29, 1.82) is 0 Å². The van der Waals surface area contributed by atoms with Crippen LogP contribution in [-0.4, -0.2) is 37.6 Å². The molecule has 2 rings (SSSR count). The van der Waals surface area contributed by atoms with E-state index in [1.54, 1.807) is 43.3 Å². The van der Waals surface area contributed by atoms with E-state index in [1.807, 2.05) is 13.8 Å². The standard InChI is InChI=1S/C21H25NO5S/c1-4-28(26,27)18-11-9-15(10-12-18)19(13-23)22-21(25)17-7-5-16(6-8-17)20(24)14(2)3/h5-12,14,19,23H,4,13H2,1-3H3,(H,22,25)/t19-/m0/s1. The number of rotatable bonds is 8. The van der Waals surface area contributed by atoms with Crippen LogP contribution < -0.4 is 5.32 Å². The lowest BCUT2D eigenvalue weighted by atomic mass is 10.00. The number of Topliss-reactive ketones (excluding diaryl/α,β-unsaturated/α-hetero) is 1. The van der Waals surface area contributed by atoms with E-state index in [-0.39, 0.29) is 29.0 Å². The second-order valence-corrected chi connectivity index (χ2v) is 9.06. The maximum absolute atomic E-state index is 12.5. The minimum Gasteiger partial charge on any atom is -0.394 e. The summed E-state index contributed by atoms with van der Waals surface area (Å²) in [5.41, 5.74) is 1.50. The Morgan fingerprint density at radius 1 is 0.964 bits per heavy atom. The highest BCUT2D eigenvalue weighted by Crippen LogP contribution is 2.18. The molecule has 0 aliphatic heterocycles. The molecule has 150 valence electrons. The van der Waals surface area contributed by atoms with Crippen LogP contribution in [0.25, 0.3) is 0 Å². The molecule has 6 nitrogen and oxygen atoms in total. The van der Waals surface area contributed by atoms with Gasteiger partial charge in [-0.25, -0.2) is 8.42 Å². The summed E-state index contributed by atoms with van der Waals surface area (Å²) in [4.78, 5) is 24.7. The number of benzene rings is 2. The predicted octanol–water partition coefficient (Wildman–Crippen LogP) is 2.78. The normalized spacial score (nSPS) is 12.6. The van der Waals surface area contributed by atoms with Crippen molar-refractivity contribution in [2.24, 2.45) is 5.92 Å². The molecule has 0 heterocycles. The predicted molar refractivity (Wildman–Crippen MR) is 107 cm³/mol. The Labute approximate surface area is 165 Å². The van der Waals surface area contributed by atoms with Crippen molar-refractivity contribution in [3.63, 3.8) is 0 Å². The molecule has 0 saturated carbocycles. The molecule has 2 N–H and O–H groups in total. The zero-order chi connectivity index (χ0) is 20.9. The van der Waals surface area contributed by atoms with Gasteiger partial charge in [-0.2, -0.15) is 0 Å². The molecular weight excluding hydrogens is 378 g/mol. The van der Waals surface area contributed by atoms with Crippen LogP contribution in [-0.2, 0) is 9.84 Å². The van der Waals surface area contributed by atoms with Crippen molar-refractivity contribution >= 4 is 21.5 Å². The van der Waals surface area contributed by atoms with E-state index in [9.17, 15) is 23.1 Å². The molecule has 0 spiro atoms. The maximum Gasteiger partial charge on any atom is 0.251 e. The SMILES string of the molecule is CCS(=O)(=O)c1ccc([C@H](CO)NC(=O)c2ccc(C(=O)C(C)C)cc2)cc1. The summed E-state index contributed by atoms with van der Waals surface area (Å²) < 4.78 is 23.8. The van der Waals surface area contributed by atoms with Crippen LogP contribution in [0.3, 0.4) is 0 Å². The van der Waals surface area contributed by atoms with Crippen molar-refractivity contribution in [1.82, 2.24) is 5.32 Å². The number of sulfone groups is 1. The first-order valence-electron chi connectivity index (χ1n) is 9.08. The quantitative estimate of drug-likeness (QED) is 0.660. The monoisotopic (exact) mass is 403 g/mol. The summed E-state index contributed by atoms with van der Waals surface area (Å²) in [7, 11) is -3.31. The molecule has 0 saturated heterocycles. The van der Waals surface area contributed by atoms with Crippen LogP contribution in [0.4, 0.5) is 0 Å². The first-order valence-corrected chi connectivity index (χ1v) is 10.7. The Morgan fingerprint density at radius 2 is 1.50 bits per heavy atom. The van der Waals surface area contributed by atoms with E-state index < -0.39 is 21.8 Å². The fourth-order valence-corrected chi connectivity index (χ4v) is 3.55. The van der Waals surface area contributed by atoms with Crippen molar-refractivity contribution in [2.45, 2.75) is 31.7 Å². The molecule has 0 aliphatic carbocycles. The van der Waals surface area contributed by atoms with Gasteiger partial charge in [0.15, 0.2) is 15.6 Å². The van der Waals surface area contributed by atoms with E-state index in [4.69, 9.17) is 0 Å². The average Bonchev–Trinajstić information content (AvgIpc) is 2.71. The van der Waals surface area contributed by atoms with Crippen LogP contribution in [0.1, 0.15) is 53.1 Å². The van der Waals surface area contributed by atoms with Crippen molar-refractivity contribution in [2.75, 3.05) is 12.4 Å². The Balaban J connectivity index is 2.14. The number of carbonyl (C=O) groups is 2. The zero-order valence-electron chi connectivity index (χ0n) is 16.2. The first-order chi connectivity index (χ1) is 13.2. The van der Waals surface area contributed by atoms with Gasteiger partial charge in [-0.1, -0.05) is 45.0 Å². The molecule has 1 amide bonds. The summed E-state index contributed by atoms with van der Waals surface area (Å²) in [6.07, 6.45) is 0. The molecule has 7 heteroatoms. The van der Waals surface area contributed by atoms with Gasteiger partial charge in [-0.15, -0.1) is 0 Å². The van der Waals surface area contributed by atoms with Crippen LogP contribution in [0.2, 0.25) is 0 Å². The second-order valence-electron chi connectivity index (χ2n) is 6.78. The molecule has 0 aliphatic rings. The Hall–Kier alpha value is -2.51. The van der Waals surface area contributed by atoms with Gasteiger partial charge in [0.25, 0.3) is 5.91 Å². The minimum atomic E-state index is -3.31. The summed E-state index contributed by atoms with van der Waals surface area (Å²) in [5, 5.41) is 12.4. The van der Waals surface area contributed by atoms with Crippen molar-refractivity contribution in [3.8, 4) is 0 Å². The third kappa shape index (κ3) is 5.05. The highest BCUT2D eigenvalue weighted by atomic mass is 32.2. The van der Waals surface area contributed by atoms with Gasteiger partial charge in [-0.05, 0) is 29.8 Å². The number of hydrogen-bond donors (Lipinski definition) is 2.